The highest BCUT2D eigenvalue weighted by Gasteiger charge is 2.14. The van der Waals surface area contributed by atoms with Gasteiger partial charge in [-0.3, -0.25) is 14.4 Å². The summed E-state index contributed by atoms with van der Waals surface area (Å²) in [6.07, 6.45) is 0. The lowest BCUT2D eigenvalue weighted by Crippen LogP contribution is -2.31. The number of hydrogen-bond acceptors (Lipinski definition) is 5. The first-order chi connectivity index (χ1) is 12.9. The molecule has 0 aliphatic carbocycles. The normalized spacial score (nSPS) is 10.2. The van der Waals surface area contributed by atoms with Gasteiger partial charge in [0.05, 0.1) is 12.2 Å². The molecule has 1 N–H and O–H groups in total. The minimum absolute atomic E-state index is 0.120. The number of nitrogens with one attached hydrogen (secondary N) is 1. The average Bonchev–Trinajstić information content (AvgIpc) is 2.65. The largest absolute Gasteiger partial charge is 0.493 e. The molecular formula is C20H20FNO5. The fourth-order valence-electron chi connectivity index (χ4n) is 2.31. The molecule has 0 unspecified atom stereocenters. The number of hydrogen-bond donors (Lipinski definition) is 1. The highest BCUT2D eigenvalue weighted by molar-refractivity contribution is 5.96. The highest BCUT2D eigenvalue weighted by atomic mass is 19.1. The van der Waals surface area contributed by atoms with Crippen LogP contribution >= 0.6 is 0 Å². The molecule has 27 heavy (non-hydrogen) atoms. The topological polar surface area (TPSA) is 81.7 Å². The quantitative estimate of drug-likeness (QED) is 0.568. The van der Waals surface area contributed by atoms with Crippen LogP contribution in [0.1, 0.15) is 40.1 Å². The number of benzene rings is 2. The van der Waals surface area contributed by atoms with Crippen molar-refractivity contribution in [2.24, 2.45) is 0 Å². The predicted octanol–water partition coefficient (Wildman–Crippen LogP) is 2.90. The van der Waals surface area contributed by atoms with Crippen LogP contribution in [0.25, 0.3) is 0 Å². The summed E-state index contributed by atoms with van der Waals surface area (Å²) in [5.74, 6) is -1.70. The van der Waals surface area contributed by atoms with E-state index in [1.165, 1.54) is 25.1 Å². The Morgan fingerprint density at radius 3 is 2.52 bits per heavy atom. The van der Waals surface area contributed by atoms with Crippen LogP contribution in [0.15, 0.2) is 42.5 Å². The SMILES string of the molecule is CCOc1ccc(C(C)=O)cc1COC(=O)CNC(=O)c1ccccc1F. The maximum absolute atomic E-state index is 13.5. The molecule has 2 rings (SSSR count). The smallest absolute Gasteiger partial charge is 0.325 e. The van der Waals surface area contributed by atoms with Gasteiger partial charge in [0, 0.05) is 11.1 Å². The summed E-state index contributed by atoms with van der Waals surface area (Å²) < 4.78 is 24.1. The molecule has 0 bridgehead atoms. The first-order valence-electron chi connectivity index (χ1n) is 8.37. The molecule has 0 spiro atoms. The first-order valence-corrected chi connectivity index (χ1v) is 8.37. The molecule has 0 radical (unpaired) electrons. The molecule has 0 saturated carbocycles. The van der Waals surface area contributed by atoms with Gasteiger partial charge >= 0.3 is 5.97 Å². The predicted molar refractivity (Wildman–Crippen MR) is 96.1 cm³/mol. The number of halogens is 1. The minimum atomic E-state index is -0.710. The van der Waals surface area contributed by atoms with Crippen molar-refractivity contribution in [3.05, 3.63) is 65.0 Å². The molecule has 0 heterocycles. The summed E-state index contributed by atoms with van der Waals surface area (Å²) in [7, 11) is 0. The van der Waals surface area contributed by atoms with Crippen molar-refractivity contribution < 1.29 is 28.2 Å². The van der Waals surface area contributed by atoms with Gasteiger partial charge in [0.2, 0.25) is 0 Å². The Balaban J connectivity index is 1.95. The fraction of sp³-hybridized carbons (Fsp3) is 0.250. The van der Waals surface area contributed by atoms with E-state index in [1.807, 2.05) is 6.92 Å². The number of rotatable bonds is 8. The molecule has 0 aliphatic heterocycles. The van der Waals surface area contributed by atoms with Gasteiger partial charge < -0.3 is 14.8 Å². The number of ketones is 1. The average molecular weight is 373 g/mol. The minimum Gasteiger partial charge on any atom is -0.493 e. The van der Waals surface area contributed by atoms with Crippen molar-refractivity contribution in [3.63, 3.8) is 0 Å². The molecule has 0 aliphatic rings. The Bertz CT molecular complexity index is 850. The monoisotopic (exact) mass is 373 g/mol. The summed E-state index contributed by atoms with van der Waals surface area (Å²) >= 11 is 0. The Morgan fingerprint density at radius 1 is 1.11 bits per heavy atom. The zero-order chi connectivity index (χ0) is 19.8. The number of esters is 1. The first kappa shape index (κ1) is 20.1. The summed E-state index contributed by atoms with van der Waals surface area (Å²) in [4.78, 5) is 35.3. The van der Waals surface area contributed by atoms with Crippen molar-refractivity contribution in [3.8, 4) is 5.75 Å². The van der Waals surface area contributed by atoms with Crippen LogP contribution in [0.5, 0.6) is 5.75 Å². The van der Waals surface area contributed by atoms with Crippen LogP contribution in [-0.4, -0.2) is 30.8 Å². The van der Waals surface area contributed by atoms with Crippen LogP contribution in [0.2, 0.25) is 0 Å². The highest BCUT2D eigenvalue weighted by Crippen LogP contribution is 2.21. The molecule has 2 aromatic rings. The molecule has 0 aromatic heterocycles. The molecule has 6 nitrogen and oxygen atoms in total. The van der Waals surface area contributed by atoms with Gasteiger partial charge in [-0.2, -0.15) is 0 Å². The van der Waals surface area contributed by atoms with E-state index in [1.54, 1.807) is 18.2 Å². The van der Waals surface area contributed by atoms with E-state index >= 15 is 0 Å². The number of carbonyl (C=O) groups excluding carboxylic acids is 3. The standard InChI is InChI=1S/C20H20FNO5/c1-3-26-18-9-8-14(13(2)23)10-15(18)12-27-19(24)11-22-20(25)16-6-4-5-7-17(16)21/h4-10H,3,11-12H2,1-2H3,(H,22,25). The maximum Gasteiger partial charge on any atom is 0.325 e. The number of ether oxygens (including phenoxy) is 2. The fourth-order valence-corrected chi connectivity index (χ4v) is 2.31. The van der Waals surface area contributed by atoms with Gasteiger partial charge in [-0.25, -0.2) is 4.39 Å². The van der Waals surface area contributed by atoms with Crippen LogP contribution in [0, 0.1) is 5.82 Å². The van der Waals surface area contributed by atoms with Gasteiger partial charge in [-0.15, -0.1) is 0 Å². The summed E-state index contributed by atoms with van der Waals surface area (Å²) in [5.41, 5.74) is 0.855. The zero-order valence-corrected chi connectivity index (χ0v) is 15.1. The van der Waals surface area contributed by atoms with E-state index in [-0.39, 0.29) is 18.0 Å². The van der Waals surface area contributed by atoms with Gasteiger partial charge in [0.15, 0.2) is 5.78 Å². The molecule has 7 heteroatoms. The number of carbonyl (C=O) groups is 3. The molecule has 0 atom stereocenters. The van der Waals surface area contributed by atoms with Gasteiger partial charge in [0.25, 0.3) is 5.91 Å². The summed E-state index contributed by atoms with van der Waals surface area (Å²) in [6.45, 7) is 3.13. The third-order valence-electron chi connectivity index (χ3n) is 3.67. The van der Waals surface area contributed by atoms with Crippen molar-refractivity contribution in [2.75, 3.05) is 13.2 Å². The lowest BCUT2D eigenvalue weighted by molar-refractivity contribution is -0.143. The molecule has 2 aromatic carbocycles. The Kier molecular flexibility index (Phi) is 7.05. The molecule has 0 saturated heterocycles. The van der Waals surface area contributed by atoms with Crippen LogP contribution < -0.4 is 10.1 Å². The lowest BCUT2D eigenvalue weighted by Gasteiger charge is -2.12. The molecular weight excluding hydrogens is 353 g/mol. The summed E-state index contributed by atoms with van der Waals surface area (Å²) in [6, 6.07) is 10.3. The molecule has 142 valence electrons. The van der Waals surface area contributed by atoms with Crippen molar-refractivity contribution in [1.82, 2.24) is 5.32 Å². The van der Waals surface area contributed by atoms with Crippen molar-refractivity contribution in [2.45, 2.75) is 20.5 Å². The maximum atomic E-state index is 13.5. The van der Waals surface area contributed by atoms with E-state index < -0.39 is 24.2 Å². The van der Waals surface area contributed by atoms with E-state index in [0.717, 1.165) is 6.07 Å². The van der Waals surface area contributed by atoms with E-state index in [2.05, 4.69) is 5.32 Å². The Hall–Kier alpha value is -3.22. The van der Waals surface area contributed by atoms with Crippen molar-refractivity contribution in [1.29, 1.82) is 0 Å². The van der Waals surface area contributed by atoms with E-state index in [0.29, 0.717) is 23.5 Å². The number of amides is 1. The van der Waals surface area contributed by atoms with Gasteiger partial charge in [0.1, 0.15) is 24.7 Å². The Labute approximate surface area is 156 Å². The lowest BCUT2D eigenvalue weighted by atomic mass is 10.1. The summed E-state index contributed by atoms with van der Waals surface area (Å²) in [5, 5.41) is 2.31. The van der Waals surface area contributed by atoms with Crippen LogP contribution in [-0.2, 0) is 16.1 Å². The van der Waals surface area contributed by atoms with Crippen molar-refractivity contribution >= 4 is 17.7 Å². The second kappa shape index (κ2) is 9.47. The molecule has 1 amide bonds. The van der Waals surface area contributed by atoms with Gasteiger partial charge in [-0.05, 0) is 44.2 Å². The second-order valence-electron chi connectivity index (χ2n) is 5.63. The molecule has 0 fully saturated rings. The van der Waals surface area contributed by atoms with Gasteiger partial charge in [-0.1, -0.05) is 12.1 Å². The zero-order valence-electron chi connectivity index (χ0n) is 15.1. The van der Waals surface area contributed by atoms with E-state index in [4.69, 9.17) is 9.47 Å². The second-order valence-corrected chi connectivity index (χ2v) is 5.63. The Morgan fingerprint density at radius 2 is 1.85 bits per heavy atom. The van der Waals surface area contributed by atoms with Crippen LogP contribution in [0.3, 0.4) is 0 Å². The van der Waals surface area contributed by atoms with Crippen LogP contribution in [0.4, 0.5) is 4.39 Å². The third-order valence-corrected chi connectivity index (χ3v) is 3.67. The third kappa shape index (κ3) is 5.64. The number of Topliss-reactive ketones (excluding diaryl/α,β-unsaturated/α-hetero) is 1. The van der Waals surface area contributed by atoms with E-state index in [9.17, 15) is 18.8 Å².